The third-order valence-corrected chi connectivity index (χ3v) is 9.37. The van der Waals surface area contributed by atoms with Crippen LogP contribution in [0.2, 0.25) is 0 Å². The highest BCUT2D eigenvalue weighted by Gasteiger charge is 2.38. The summed E-state index contributed by atoms with van der Waals surface area (Å²) in [5.74, 6) is -0.796. The molecule has 3 atom stereocenters. The number of anilines is 4. The number of hydrogen-bond donors (Lipinski definition) is 4. The summed E-state index contributed by atoms with van der Waals surface area (Å²) < 4.78 is 21.4. The van der Waals surface area contributed by atoms with Gasteiger partial charge < -0.3 is 44.7 Å². The fourth-order valence-corrected chi connectivity index (χ4v) is 6.76. The first-order chi connectivity index (χ1) is 26.9. The van der Waals surface area contributed by atoms with Gasteiger partial charge in [0, 0.05) is 43.4 Å². The fourth-order valence-electron chi connectivity index (χ4n) is 6.76. The minimum Gasteiger partial charge on any atom is -0.453 e. The molecule has 16 nitrogen and oxygen atoms in total. The van der Waals surface area contributed by atoms with Crippen molar-refractivity contribution in [1.82, 2.24) is 20.6 Å². The van der Waals surface area contributed by atoms with E-state index >= 15 is 0 Å². The standard InChI is InChI=1S/C40H48N8O8/c1-25-22-48(23-32(34(25)46-37(50)53-5)45-39(52)56-40(2,3)4)33-13-14-41-21-31(33)43-36(49)35-30(44-38(51)55-24-26-9-7-6-8-10-26)19-27-11-12-28(20-29(27)42-35)47-15-17-54-18-16-47/h6-14,19-21,25,32,34H,15-18,22-24H2,1-5H3,(H,43,49)(H,44,51)(H,45,52)(H,46,50). The van der Waals surface area contributed by atoms with Crippen LogP contribution in [-0.2, 0) is 25.6 Å². The van der Waals surface area contributed by atoms with Gasteiger partial charge in [0.2, 0.25) is 0 Å². The molecular formula is C40H48N8O8. The van der Waals surface area contributed by atoms with Crippen molar-refractivity contribution in [2.75, 3.05) is 66.9 Å². The number of aromatic nitrogens is 2. The monoisotopic (exact) mass is 768 g/mol. The maximum atomic E-state index is 14.3. The molecule has 0 saturated carbocycles. The first-order valence-corrected chi connectivity index (χ1v) is 18.5. The molecule has 2 saturated heterocycles. The number of benzene rings is 2. The largest absolute Gasteiger partial charge is 0.453 e. The van der Waals surface area contributed by atoms with Crippen molar-refractivity contribution in [2.45, 2.75) is 52.0 Å². The van der Waals surface area contributed by atoms with E-state index in [1.165, 1.54) is 13.3 Å². The van der Waals surface area contributed by atoms with Gasteiger partial charge in [-0.25, -0.2) is 19.4 Å². The number of fused-ring (bicyclic) bond motifs is 1. The van der Waals surface area contributed by atoms with Crippen LogP contribution < -0.4 is 31.1 Å². The number of carbonyl (C=O) groups excluding carboxylic acids is 4. The molecule has 0 aliphatic carbocycles. The molecule has 6 rings (SSSR count). The highest BCUT2D eigenvalue weighted by atomic mass is 16.6. The Morgan fingerprint density at radius 3 is 2.38 bits per heavy atom. The molecule has 4 aromatic rings. The fraction of sp³-hybridized carbons (Fsp3) is 0.400. The van der Waals surface area contributed by atoms with Gasteiger partial charge in [-0.2, -0.15) is 0 Å². The minimum absolute atomic E-state index is 0.0329. The summed E-state index contributed by atoms with van der Waals surface area (Å²) in [4.78, 5) is 65.9. The van der Waals surface area contributed by atoms with Crippen LogP contribution in [0.5, 0.6) is 0 Å². The van der Waals surface area contributed by atoms with E-state index in [1.807, 2.05) is 60.4 Å². The van der Waals surface area contributed by atoms with Crippen LogP contribution in [0.25, 0.3) is 10.9 Å². The molecule has 3 unspecified atom stereocenters. The molecule has 0 bridgehead atoms. The normalized spacial score (nSPS) is 18.4. The van der Waals surface area contributed by atoms with E-state index in [0.717, 1.165) is 24.3 Å². The number of ether oxygens (including phenoxy) is 4. The van der Waals surface area contributed by atoms with Crippen molar-refractivity contribution >= 4 is 57.8 Å². The number of morpholine rings is 1. The highest BCUT2D eigenvalue weighted by Crippen LogP contribution is 2.32. The molecule has 2 aliphatic rings. The second kappa shape index (κ2) is 17.5. The quantitative estimate of drug-likeness (QED) is 0.156. The number of piperidine rings is 1. The van der Waals surface area contributed by atoms with Crippen molar-refractivity contribution in [1.29, 1.82) is 0 Å². The molecule has 4 amide bonds. The molecule has 0 spiro atoms. The van der Waals surface area contributed by atoms with Gasteiger partial charge in [0.05, 0.1) is 61.2 Å². The van der Waals surface area contributed by atoms with E-state index < -0.39 is 41.9 Å². The number of alkyl carbamates (subject to hydrolysis) is 2. The van der Waals surface area contributed by atoms with E-state index in [-0.39, 0.29) is 30.5 Å². The summed E-state index contributed by atoms with van der Waals surface area (Å²) in [6.45, 7) is 10.6. The molecule has 0 radical (unpaired) electrons. The molecule has 2 aromatic carbocycles. The lowest BCUT2D eigenvalue weighted by molar-refractivity contribution is 0.0476. The van der Waals surface area contributed by atoms with Crippen molar-refractivity contribution < 1.29 is 38.1 Å². The summed E-state index contributed by atoms with van der Waals surface area (Å²) in [6.07, 6.45) is 1.10. The number of pyridine rings is 2. The summed E-state index contributed by atoms with van der Waals surface area (Å²) in [5, 5.41) is 12.2. The van der Waals surface area contributed by atoms with E-state index in [2.05, 4.69) is 31.2 Å². The number of carbonyl (C=O) groups is 4. The Kier molecular flexibility index (Phi) is 12.4. The smallest absolute Gasteiger partial charge is 0.412 e. The molecule has 4 N–H and O–H groups in total. The van der Waals surface area contributed by atoms with E-state index in [0.29, 0.717) is 42.0 Å². The number of nitrogens with zero attached hydrogens (tertiary/aromatic N) is 4. The molecule has 2 aromatic heterocycles. The Balaban J connectivity index is 1.28. The first-order valence-electron chi connectivity index (χ1n) is 18.5. The molecule has 16 heteroatoms. The van der Waals surface area contributed by atoms with Gasteiger partial charge in [-0.15, -0.1) is 0 Å². The van der Waals surface area contributed by atoms with Gasteiger partial charge in [0.15, 0.2) is 5.69 Å². The molecule has 2 fully saturated rings. The number of methoxy groups -OCH3 is 1. The van der Waals surface area contributed by atoms with Crippen LogP contribution in [0.3, 0.4) is 0 Å². The average molecular weight is 769 g/mol. The lowest BCUT2D eigenvalue weighted by Gasteiger charge is -2.44. The van der Waals surface area contributed by atoms with Crippen molar-refractivity contribution in [3.63, 3.8) is 0 Å². The molecule has 2 aliphatic heterocycles. The summed E-state index contributed by atoms with van der Waals surface area (Å²) in [5.41, 5.74) is 2.64. The number of rotatable bonds is 9. The zero-order chi connectivity index (χ0) is 39.8. The lowest BCUT2D eigenvalue weighted by Crippen LogP contribution is -2.64. The maximum absolute atomic E-state index is 14.3. The summed E-state index contributed by atoms with van der Waals surface area (Å²) >= 11 is 0. The second-order valence-corrected chi connectivity index (χ2v) is 14.7. The zero-order valence-electron chi connectivity index (χ0n) is 32.2. The van der Waals surface area contributed by atoms with Crippen LogP contribution in [0.1, 0.15) is 43.7 Å². The van der Waals surface area contributed by atoms with Crippen molar-refractivity contribution in [3.8, 4) is 0 Å². The highest BCUT2D eigenvalue weighted by molar-refractivity contribution is 6.11. The van der Waals surface area contributed by atoms with Gasteiger partial charge in [-0.3, -0.25) is 15.1 Å². The van der Waals surface area contributed by atoms with Gasteiger partial charge >= 0.3 is 18.3 Å². The van der Waals surface area contributed by atoms with Crippen molar-refractivity contribution in [3.05, 3.63) is 84.3 Å². The number of amides is 4. The molecule has 4 heterocycles. The van der Waals surface area contributed by atoms with E-state index in [4.69, 9.17) is 23.9 Å². The van der Waals surface area contributed by atoms with Crippen LogP contribution in [0.15, 0.2) is 73.1 Å². The van der Waals surface area contributed by atoms with Gasteiger partial charge in [0.25, 0.3) is 5.91 Å². The SMILES string of the molecule is COC(=O)NC1C(C)CN(c2ccncc2NC(=O)c2nc3cc(N4CCOCC4)ccc3cc2NC(=O)OCc2ccccc2)CC1NC(=O)OC(C)(C)C. The van der Waals surface area contributed by atoms with Crippen LogP contribution in [-0.4, -0.2) is 98.3 Å². The summed E-state index contributed by atoms with van der Waals surface area (Å²) in [6, 6.07) is 17.4. The molecule has 56 heavy (non-hydrogen) atoms. The predicted molar refractivity (Wildman–Crippen MR) is 211 cm³/mol. The van der Waals surface area contributed by atoms with Gasteiger partial charge in [0.1, 0.15) is 12.2 Å². The van der Waals surface area contributed by atoms with Crippen LogP contribution in [0, 0.1) is 5.92 Å². The van der Waals surface area contributed by atoms with E-state index in [1.54, 1.807) is 39.1 Å². The molecule has 296 valence electrons. The Bertz CT molecular complexity index is 2040. The van der Waals surface area contributed by atoms with Crippen LogP contribution >= 0.6 is 0 Å². The summed E-state index contributed by atoms with van der Waals surface area (Å²) in [7, 11) is 1.28. The number of nitrogens with one attached hydrogen (secondary N) is 4. The second-order valence-electron chi connectivity index (χ2n) is 14.7. The first kappa shape index (κ1) is 39.5. The third kappa shape index (κ3) is 10.1. The predicted octanol–water partition coefficient (Wildman–Crippen LogP) is 5.54. The third-order valence-electron chi connectivity index (χ3n) is 9.37. The van der Waals surface area contributed by atoms with Gasteiger partial charge in [-0.1, -0.05) is 43.3 Å². The Hall–Kier alpha value is -6.16. The zero-order valence-corrected chi connectivity index (χ0v) is 32.2. The Morgan fingerprint density at radius 1 is 0.875 bits per heavy atom. The minimum atomic E-state index is -0.753. The Morgan fingerprint density at radius 2 is 1.64 bits per heavy atom. The van der Waals surface area contributed by atoms with E-state index in [9.17, 15) is 19.2 Å². The average Bonchev–Trinajstić information content (AvgIpc) is 3.18. The number of hydrogen-bond acceptors (Lipinski definition) is 12. The Labute approximate surface area is 325 Å². The van der Waals surface area contributed by atoms with Gasteiger partial charge in [-0.05, 0) is 56.5 Å². The maximum Gasteiger partial charge on any atom is 0.412 e. The van der Waals surface area contributed by atoms with Crippen LogP contribution in [0.4, 0.5) is 37.1 Å². The topological polar surface area (TPSA) is 186 Å². The van der Waals surface area contributed by atoms with Crippen molar-refractivity contribution in [2.24, 2.45) is 5.92 Å². The lowest BCUT2D eigenvalue weighted by atomic mass is 9.89. The molecular weight excluding hydrogens is 720 g/mol.